The first-order valence-corrected chi connectivity index (χ1v) is 6.25. The second-order valence-electron chi connectivity index (χ2n) is 4.90. The van der Waals surface area contributed by atoms with E-state index in [0.29, 0.717) is 18.0 Å². The first kappa shape index (κ1) is 17.9. The predicted molar refractivity (Wildman–Crippen MR) is 77.8 cm³/mol. The molecule has 0 aliphatic rings. The highest BCUT2D eigenvalue weighted by Gasteiger charge is 2.13. The van der Waals surface area contributed by atoms with Gasteiger partial charge < -0.3 is 11.1 Å². The second-order valence-corrected chi connectivity index (χ2v) is 4.90. The fourth-order valence-corrected chi connectivity index (χ4v) is 1.88. The van der Waals surface area contributed by atoms with E-state index < -0.39 is 0 Å². The highest BCUT2D eigenvalue weighted by molar-refractivity contribution is 5.85. The number of amides is 1. The molecule has 3 N–H and O–H groups in total. The number of halogens is 2. The summed E-state index contributed by atoms with van der Waals surface area (Å²) in [5.41, 5.74) is 6.02. The fraction of sp³-hybridized carbons (Fsp3) is 0.500. The Morgan fingerprint density at radius 3 is 2.53 bits per heavy atom. The van der Waals surface area contributed by atoms with Crippen molar-refractivity contribution in [2.24, 2.45) is 11.7 Å². The van der Waals surface area contributed by atoms with Crippen molar-refractivity contribution in [3.63, 3.8) is 0 Å². The Morgan fingerprint density at radius 2 is 2.00 bits per heavy atom. The molecule has 1 rings (SSSR count). The van der Waals surface area contributed by atoms with Crippen LogP contribution in [-0.2, 0) is 11.2 Å². The number of carbonyl (C=O) groups is 1. The molecule has 0 heterocycles. The highest BCUT2D eigenvalue weighted by atomic mass is 35.5. The minimum atomic E-state index is -0.346. The van der Waals surface area contributed by atoms with E-state index in [1.807, 2.05) is 0 Å². The van der Waals surface area contributed by atoms with Crippen molar-refractivity contribution in [2.75, 3.05) is 6.54 Å². The van der Waals surface area contributed by atoms with Gasteiger partial charge in [-0.1, -0.05) is 32.0 Å². The lowest BCUT2D eigenvalue weighted by molar-refractivity contribution is -0.121. The number of rotatable bonds is 6. The molecule has 1 atom stereocenters. The third kappa shape index (κ3) is 6.55. The summed E-state index contributed by atoms with van der Waals surface area (Å²) in [6.07, 6.45) is 0.890. The average Bonchev–Trinajstić information content (AvgIpc) is 2.30. The molecule has 0 aliphatic heterocycles. The molecule has 0 aromatic heterocycles. The van der Waals surface area contributed by atoms with E-state index >= 15 is 0 Å². The molecule has 1 amide bonds. The summed E-state index contributed by atoms with van der Waals surface area (Å²) in [7, 11) is 0. The Kier molecular flexibility index (Phi) is 8.35. The van der Waals surface area contributed by atoms with Crippen LogP contribution in [-0.4, -0.2) is 18.5 Å². The second kappa shape index (κ2) is 8.88. The van der Waals surface area contributed by atoms with E-state index in [0.717, 1.165) is 6.42 Å². The van der Waals surface area contributed by atoms with Crippen molar-refractivity contribution in [3.8, 4) is 0 Å². The van der Waals surface area contributed by atoms with Crippen molar-refractivity contribution >= 4 is 18.3 Å². The van der Waals surface area contributed by atoms with Crippen molar-refractivity contribution < 1.29 is 9.18 Å². The summed E-state index contributed by atoms with van der Waals surface area (Å²) < 4.78 is 13.4. The van der Waals surface area contributed by atoms with Gasteiger partial charge in [-0.25, -0.2) is 4.39 Å². The lowest BCUT2D eigenvalue weighted by Crippen LogP contribution is -2.41. The van der Waals surface area contributed by atoms with Crippen LogP contribution in [0.1, 0.15) is 25.8 Å². The maximum atomic E-state index is 13.4. The Morgan fingerprint density at radius 1 is 1.37 bits per heavy atom. The minimum absolute atomic E-state index is 0. The Labute approximate surface area is 120 Å². The zero-order valence-corrected chi connectivity index (χ0v) is 12.2. The standard InChI is InChI=1S/C14H21FN2O.ClH/c1-10(2)7-12(9-16)17-14(18)8-11-5-3-4-6-13(11)15;/h3-6,10,12H,7-9,16H2,1-2H3,(H,17,18);1H. The van der Waals surface area contributed by atoms with Crippen LogP contribution in [0.25, 0.3) is 0 Å². The molecule has 1 aromatic carbocycles. The lowest BCUT2D eigenvalue weighted by atomic mass is 10.0. The summed E-state index contributed by atoms with van der Waals surface area (Å²) in [5.74, 6) is -0.0654. The van der Waals surface area contributed by atoms with Gasteiger partial charge in [0.2, 0.25) is 5.91 Å². The van der Waals surface area contributed by atoms with Crippen LogP contribution in [0.2, 0.25) is 0 Å². The SMILES string of the molecule is CC(C)CC(CN)NC(=O)Cc1ccccc1F.Cl. The largest absolute Gasteiger partial charge is 0.352 e. The zero-order valence-electron chi connectivity index (χ0n) is 11.4. The number of benzene rings is 1. The highest BCUT2D eigenvalue weighted by Crippen LogP contribution is 2.08. The number of nitrogens with one attached hydrogen (secondary N) is 1. The van der Waals surface area contributed by atoms with Crippen LogP contribution in [0, 0.1) is 11.7 Å². The summed E-state index contributed by atoms with van der Waals surface area (Å²) in [6.45, 7) is 4.55. The van der Waals surface area contributed by atoms with Crippen LogP contribution in [0.15, 0.2) is 24.3 Å². The molecule has 0 radical (unpaired) electrons. The summed E-state index contributed by atoms with van der Waals surface area (Å²) in [6, 6.07) is 6.27. The van der Waals surface area contributed by atoms with E-state index in [4.69, 9.17) is 5.73 Å². The third-order valence-electron chi connectivity index (χ3n) is 2.71. The molecular formula is C14H22ClFN2O. The van der Waals surface area contributed by atoms with Crippen molar-refractivity contribution in [2.45, 2.75) is 32.7 Å². The van der Waals surface area contributed by atoms with Gasteiger partial charge in [0, 0.05) is 12.6 Å². The van der Waals surface area contributed by atoms with Crippen molar-refractivity contribution in [3.05, 3.63) is 35.6 Å². The maximum Gasteiger partial charge on any atom is 0.224 e. The van der Waals surface area contributed by atoms with E-state index in [-0.39, 0.29) is 36.6 Å². The zero-order chi connectivity index (χ0) is 13.5. The molecule has 0 saturated heterocycles. The molecule has 1 unspecified atom stereocenters. The van der Waals surface area contributed by atoms with Crippen LogP contribution < -0.4 is 11.1 Å². The first-order chi connectivity index (χ1) is 8.52. The molecule has 0 bridgehead atoms. The summed E-state index contributed by atoms with van der Waals surface area (Å²) >= 11 is 0. The average molecular weight is 289 g/mol. The minimum Gasteiger partial charge on any atom is -0.352 e. The van der Waals surface area contributed by atoms with Crippen molar-refractivity contribution in [1.82, 2.24) is 5.32 Å². The van der Waals surface area contributed by atoms with Gasteiger partial charge in [0.05, 0.1) is 6.42 Å². The molecule has 0 spiro atoms. The summed E-state index contributed by atoms with van der Waals surface area (Å²) in [4.78, 5) is 11.8. The topological polar surface area (TPSA) is 55.1 Å². The van der Waals surface area contributed by atoms with Gasteiger partial charge in [0.1, 0.15) is 5.82 Å². The predicted octanol–water partition coefficient (Wildman–Crippen LogP) is 2.28. The van der Waals surface area contributed by atoms with E-state index in [2.05, 4.69) is 19.2 Å². The first-order valence-electron chi connectivity index (χ1n) is 6.25. The third-order valence-corrected chi connectivity index (χ3v) is 2.71. The van der Waals surface area contributed by atoms with Crippen molar-refractivity contribution in [1.29, 1.82) is 0 Å². The van der Waals surface area contributed by atoms with E-state index in [1.54, 1.807) is 18.2 Å². The van der Waals surface area contributed by atoms with Gasteiger partial charge in [-0.3, -0.25) is 4.79 Å². The molecule has 0 fully saturated rings. The number of hydrogen-bond acceptors (Lipinski definition) is 2. The molecule has 0 aliphatic carbocycles. The molecule has 1 aromatic rings. The van der Waals surface area contributed by atoms with Gasteiger partial charge in [-0.05, 0) is 24.0 Å². The smallest absolute Gasteiger partial charge is 0.224 e. The number of carbonyl (C=O) groups excluding carboxylic acids is 1. The molecule has 3 nitrogen and oxygen atoms in total. The number of nitrogens with two attached hydrogens (primary N) is 1. The van der Waals surface area contributed by atoms with E-state index in [1.165, 1.54) is 6.07 Å². The Bertz CT molecular complexity index is 399. The van der Waals surface area contributed by atoms with Crippen LogP contribution in [0.3, 0.4) is 0 Å². The fourth-order valence-electron chi connectivity index (χ4n) is 1.88. The van der Waals surface area contributed by atoms with Gasteiger partial charge in [0.25, 0.3) is 0 Å². The quantitative estimate of drug-likeness (QED) is 0.844. The Balaban J connectivity index is 0.00000324. The lowest BCUT2D eigenvalue weighted by Gasteiger charge is -2.18. The molecule has 108 valence electrons. The molecular weight excluding hydrogens is 267 g/mol. The normalized spacial score (nSPS) is 11.8. The van der Waals surface area contributed by atoms with Crippen LogP contribution >= 0.6 is 12.4 Å². The van der Waals surface area contributed by atoms with Crippen LogP contribution in [0.4, 0.5) is 4.39 Å². The molecule has 19 heavy (non-hydrogen) atoms. The molecule has 5 heteroatoms. The Hall–Kier alpha value is -1.13. The maximum absolute atomic E-state index is 13.4. The monoisotopic (exact) mass is 288 g/mol. The van der Waals surface area contributed by atoms with Gasteiger partial charge in [-0.15, -0.1) is 12.4 Å². The van der Waals surface area contributed by atoms with Gasteiger partial charge in [0.15, 0.2) is 0 Å². The molecule has 0 saturated carbocycles. The summed E-state index contributed by atoms with van der Waals surface area (Å²) in [5, 5.41) is 2.84. The van der Waals surface area contributed by atoms with Crippen LogP contribution in [0.5, 0.6) is 0 Å². The number of hydrogen-bond donors (Lipinski definition) is 2. The van der Waals surface area contributed by atoms with Gasteiger partial charge >= 0.3 is 0 Å². The van der Waals surface area contributed by atoms with Gasteiger partial charge in [-0.2, -0.15) is 0 Å². The van der Waals surface area contributed by atoms with E-state index in [9.17, 15) is 9.18 Å².